The van der Waals surface area contributed by atoms with Gasteiger partial charge in [-0.1, -0.05) is 73.7 Å². The average Bonchev–Trinajstić information content (AvgIpc) is 2.90. The largest absolute Gasteiger partial charge is 2.00 e. The van der Waals surface area contributed by atoms with Crippen molar-refractivity contribution in [3.05, 3.63) is 58.8 Å². The molecule has 1 aliphatic carbocycles. The number of rotatable bonds is 1. The Kier molecular flexibility index (Phi) is 18.5. The van der Waals surface area contributed by atoms with E-state index < -0.39 is 0 Å². The van der Waals surface area contributed by atoms with Crippen LogP contribution in [0, 0.1) is 13.0 Å². The summed E-state index contributed by atoms with van der Waals surface area (Å²) in [5.41, 5.74) is 7.33. The molecule has 0 saturated carbocycles. The normalized spacial score (nSPS) is 12.3. The Balaban J connectivity index is -0.000000355. The first-order chi connectivity index (χ1) is 10.5. The standard InChI is InChI=1S/C20H27.C2H7Si.2ClH.H2N.Zr/c1-14-16(15-10-8-9-11-15)12-13-17(19(2,3)4)18(14)20(5,6)7;1-3-2;;;;/h8-10,13H,11H2,1-7H3;3H,1-2H3;2*1H;1H2;/q-1;;;;-1;+2. The molecule has 2 rings (SSSR count). The molecule has 1 nitrogen and oxygen atoms in total. The van der Waals surface area contributed by atoms with Gasteiger partial charge in [0.2, 0.25) is 0 Å². The van der Waals surface area contributed by atoms with Crippen LogP contribution in [0.2, 0.25) is 13.1 Å². The number of nitrogens with two attached hydrogens (primary N) is 1. The van der Waals surface area contributed by atoms with Crippen LogP contribution < -0.4 is 0 Å². The van der Waals surface area contributed by atoms with Gasteiger partial charge in [0.25, 0.3) is 0 Å². The quantitative estimate of drug-likeness (QED) is 0.275. The van der Waals surface area contributed by atoms with Crippen molar-refractivity contribution in [1.29, 1.82) is 0 Å². The molecule has 1 aromatic carbocycles. The van der Waals surface area contributed by atoms with Gasteiger partial charge in [0.1, 0.15) is 0 Å². The van der Waals surface area contributed by atoms with Crippen molar-refractivity contribution in [3.8, 4) is 0 Å². The molecule has 0 bridgehead atoms. The zero-order valence-electron chi connectivity index (χ0n) is 18.5. The molecule has 0 fully saturated rings. The second-order valence-electron chi connectivity index (χ2n) is 8.48. The molecular weight excluding hydrogens is 468 g/mol. The Morgan fingerprint density at radius 1 is 0.963 bits per heavy atom. The van der Waals surface area contributed by atoms with Crippen LogP contribution >= 0.6 is 24.8 Å². The number of halogens is 2. The van der Waals surface area contributed by atoms with E-state index >= 15 is 0 Å². The van der Waals surface area contributed by atoms with Crippen molar-refractivity contribution in [1.82, 2.24) is 0 Å². The van der Waals surface area contributed by atoms with E-state index in [2.05, 4.69) is 91.9 Å². The maximum Gasteiger partial charge on any atom is 2.00 e. The fraction of sp³-hybridized carbons (Fsp3) is 0.545. The fourth-order valence-electron chi connectivity index (χ4n) is 3.18. The van der Waals surface area contributed by atoms with Gasteiger partial charge in [-0.15, -0.1) is 70.8 Å². The minimum atomic E-state index is 0. The van der Waals surface area contributed by atoms with E-state index in [9.17, 15) is 0 Å². The second kappa shape index (κ2) is 14.3. The minimum absolute atomic E-state index is 0. The van der Waals surface area contributed by atoms with E-state index in [0.717, 1.165) is 15.9 Å². The monoisotopic (exact) mass is 504 g/mol. The average molecular weight is 507 g/mol. The molecule has 0 saturated heterocycles. The fourth-order valence-corrected chi connectivity index (χ4v) is 3.18. The summed E-state index contributed by atoms with van der Waals surface area (Å²) in [6, 6.07) is 5.78. The number of hydrogen-bond donors (Lipinski definition) is 0. The van der Waals surface area contributed by atoms with Gasteiger partial charge in [-0.25, -0.2) is 0 Å². The third kappa shape index (κ3) is 9.59. The summed E-state index contributed by atoms with van der Waals surface area (Å²) >= 11 is 0. The van der Waals surface area contributed by atoms with Gasteiger partial charge in [0, 0.05) is 9.52 Å². The second-order valence-corrected chi connectivity index (χ2v) is 9.63. The van der Waals surface area contributed by atoms with Crippen LogP contribution in [0.5, 0.6) is 0 Å². The number of hydrogen-bond acceptors (Lipinski definition) is 0. The van der Waals surface area contributed by atoms with E-state index in [-0.39, 0.29) is 68.0 Å². The van der Waals surface area contributed by atoms with Crippen LogP contribution in [-0.4, -0.2) is 9.52 Å². The van der Waals surface area contributed by atoms with E-state index in [1.54, 1.807) is 0 Å². The Bertz CT molecular complexity index is 612. The van der Waals surface area contributed by atoms with Gasteiger partial charge in [0.05, 0.1) is 0 Å². The summed E-state index contributed by atoms with van der Waals surface area (Å²) in [6.07, 6.45) is 7.63. The van der Waals surface area contributed by atoms with Crippen LogP contribution in [0.1, 0.15) is 70.2 Å². The summed E-state index contributed by atoms with van der Waals surface area (Å²) in [5.74, 6) is 0. The van der Waals surface area contributed by atoms with Crippen molar-refractivity contribution in [2.45, 2.75) is 78.8 Å². The van der Waals surface area contributed by atoms with Crippen LogP contribution in [0.4, 0.5) is 0 Å². The van der Waals surface area contributed by atoms with Crippen LogP contribution in [0.25, 0.3) is 11.7 Å². The van der Waals surface area contributed by atoms with Crippen molar-refractivity contribution >= 4 is 39.9 Å². The van der Waals surface area contributed by atoms with Gasteiger partial charge >= 0.3 is 26.2 Å². The zero-order valence-corrected chi connectivity index (χ0v) is 23.7. The molecule has 0 amide bonds. The topological polar surface area (TPSA) is 33.5 Å². The Morgan fingerprint density at radius 3 is 1.78 bits per heavy atom. The van der Waals surface area contributed by atoms with Crippen molar-refractivity contribution in [2.24, 2.45) is 0 Å². The third-order valence-electron chi connectivity index (χ3n) is 4.03. The zero-order chi connectivity index (χ0) is 17.8. The first kappa shape index (κ1) is 34.8. The predicted molar refractivity (Wildman–Crippen MR) is 128 cm³/mol. The van der Waals surface area contributed by atoms with Gasteiger partial charge in [-0.3, -0.25) is 0 Å². The van der Waals surface area contributed by atoms with Crippen molar-refractivity contribution in [3.63, 3.8) is 0 Å². The van der Waals surface area contributed by atoms with Gasteiger partial charge in [-0.2, -0.15) is 0 Å². The predicted octanol–water partition coefficient (Wildman–Crippen LogP) is 7.81. The van der Waals surface area contributed by atoms with Crippen molar-refractivity contribution < 1.29 is 26.2 Å². The summed E-state index contributed by atoms with van der Waals surface area (Å²) in [4.78, 5) is 0. The molecule has 0 aromatic heterocycles. The van der Waals surface area contributed by atoms with Crippen LogP contribution in [0.15, 0.2) is 24.3 Å². The molecule has 1 aliphatic rings. The van der Waals surface area contributed by atoms with E-state index in [4.69, 9.17) is 0 Å². The first-order valence-electron chi connectivity index (χ1n) is 8.70. The molecule has 1 radical (unpaired) electrons. The van der Waals surface area contributed by atoms with Crippen LogP contribution in [-0.2, 0) is 37.0 Å². The summed E-state index contributed by atoms with van der Waals surface area (Å²) in [7, 11) is 0.750. The first-order valence-corrected chi connectivity index (χ1v) is 11.0. The Morgan fingerprint density at radius 2 is 1.44 bits per heavy atom. The van der Waals surface area contributed by atoms with E-state index in [1.807, 2.05) is 0 Å². The maximum atomic E-state index is 3.56. The SMILES string of the molecule is C[SiH]C.Cc1c(C2=CC=CC2)[c-]cc(C(C)(C)C)c1C(C)(C)C.Cl.Cl.[NH2-].[Zr+2]. The molecule has 0 atom stereocenters. The Labute approximate surface area is 202 Å². The number of benzene rings is 1. The minimum Gasteiger partial charge on any atom is -0.693 e. The van der Waals surface area contributed by atoms with Gasteiger partial charge in [0.15, 0.2) is 0 Å². The molecule has 0 heterocycles. The molecule has 5 heteroatoms. The number of allylic oxidation sites excluding steroid dienone is 4. The molecule has 153 valence electrons. The van der Waals surface area contributed by atoms with Crippen LogP contribution in [0.3, 0.4) is 0 Å². The van der Waals surface area contributed by atoms with E-state index in [0.29, 0.717) is 0 Å². The van der Waals surface area contributed by atoms with Gasteiger partial charge in [-0.05, 0) is 17.3 Å². The molecule has 1 aromatic rings. The maximum absolute atomic E-state index is 3.56. The Hall–Kier alpha value is 0.340. The molecule has 0 aliphatic heterocycles. The third-order valence-corrected chi connectivity index (χ3v) is 4.03. The summed E-state index contributed by atoms with van der Waals surface area (Å²) in [6.45, 7) is 20.5. The van der Waals surface area contributed by atoms with Gasteiger partial charge < -0.3 is 6.15 Å². The molecular formula is C22H38Cl2NSiZr. The van der Waals surface area contributed by atoms with E-state index in [1.165, 1.54) is 27.8 Å². The molecule has 27 heavy (non-hydrogen) atoms. The summed E-state index contributed by atoms with van der Waals surface area (Å²) in [5, 5.41) is 0. The van der Waals surface area contributed by atoms with Crippen molar-refractivity contribution in [2.75, 3.05) is 0 Å². The molecule has 2 N–H and O–H groups in total. The molecule has 0 unspecified atom stereocenters. The molecule has 0 spiro atoms. The smallest absolute Gasteiger partial charge is 0.693 e. The summed E-state index contributed by atoms with van der Waals surface area (Å²) < 4.78 is 0.